The summed E-state index contributed by atoms with van der Waals surface area (Å²) in [5.41, 5.74) is 2.13. The minimum atomic E-state index is -3.66. The van der Waals surface area contributed by atoms with Crippen LogP contribution < -0.4 is 14.8 Å². The maximum atomic E-state index is 12.1. The molecule has 0 aliphatic heterocycles. The Kier molecular flexibility index (Phi) is 7.65. The topological polar surface area (TPSA) is 84.5 Å². The molecule has 27 heavy (non-hydrogen) atoms. The highest BCUT2D eigenvalue weighted by molar-refractivity contribution is 7.89. The zero-order valence-electron chi connectivity index (χ0n) is 15.3. The molecule has 0 spiro atoms. The second-order valence-electron chi connectivity index (χ2n) is 6.02. The number of benzene rings is 2. The summed E-state index contributed by atoms with van der Waals surface area (Å²) < 4.78 is 32.0. The number of ether oxygens (including phenoxy) is 1. The maximum Gasteiger partial charge on any atom is 0.240 e. The molecule has 2 aromatic rings. The van der Waals surface area contributed by atoms with Gasteiger partial charge in [-0.05, 0) is 49.2 Å². The van der Waals surface area contributed by atoms with Gasteiger partial charge in [0.25, 0.3) is 0 Å². The third-order valence-electron chi connectivity index (χ3n) is 3.92. The summed E-state index contributed by atoms with van der Waals surface area (Å²) in [7, 11) is -2.04. The fourth-order valence-corrected chi connectivity index (χ4v) is 3.68. The second kappa shape index (κ2) is 9.73. The number of amides is 1. The van der Waals surface area contributed by atoms with Crippen molar-refractivity contribution in [1.82, 2.24) is 10.0 Å². The molecule has 6 nitrogen and oxygen atoms in total. The third-order valence-corrected chi connectivity index (χ3v) is 5.65. The predicted molar refractivity (Wildman–Crippen MR) is 106 cm³/mol. The van der Waals surface area contributed by atoms with Crippen molar-refractivity contribution in [3.63, 3.8) is 0 Å². The molecule has 2 N–H and O–H groups in total. The third kappa shape index (κ3) is 6.53. The molecule has 1 amide bonds. The van der Waals surface area contributed by atoms with Crippen LogP contribution in [0.25, 0.3) is 0 Å². The van der Waals surface area contributed by atoms with E-state index in [-0.39, 0.29) is 23.8 Å². The van der Waals surface area contributed by atoms with Crippen molar-refractivity contribution >= 4 is 27.5 Å². The van der Waals surface area contributed by atoms with Gasteiger partial charge in [0, 0.05) is 24.5 Å². The monoisotopic (exact) mass is 410 g/mol. The lowest BCUT2D eigenvalue weighted by Gasteiger charge is -2.11. The largest absolute Gasteiger partial charge is 0.496 e. The van der Waals surface area contributed by atoms with Crippen molar-refractivity contribution in [3.05, 3.63) is 58.6 Å². The minimum Gasteiger partial charge on any atom is -0.496 e. The first kappa shape index (κ1) is 21.2. The van der Waals surface area contributed by atoms with Crippen LogP contribution >= 0.6 is 11.6 Å². The maximum absolute atomic E-state index is 12.1. The highest BCUT2D eigenvalue weighted by Gasteiger charge is 2.14. The number of sulfonamides is 1. The molecule has 0 saturated carbocycles. The Labute approximate surface area is 164 Å². The summed E-state index contributed by atoms with van der Waals surface area (Å²) in [5.74, 6) is 0.561. The van der Waals surface area contributed by atoms with Crippen molar-refractivity contribution in [2.75, 3.05) is 20.2 Å². The first-order valence-electron chi connectivity index (χ1n) is 8.47. The van der Waals surface area contributed by atoms with Crippen LogP contribution in [0.1, 0.15) is 17.5 Å². The van der Waals surface area contributed by atoms with Crippen LogP contribution in [-0.2, 0) is 21.2 Å². The summed E-state index contributed by atoms with van der Waals surface area (Å²) in [5, 5.41) is 3.25. The van der Waals surface area contributed by atoms with E-state index in [2.05, 4.69) is 10.0 Å². The van der Waals surface area contributed by atoms with Crippen molar-refractivity contribution in [2.45, 2.75) is 24.7 Å². The molecule has 0 saturated heterocycles. The predicted octanol–water partition coefficient (Wildman–Crippen LogP) is 2.68. The summed E-state index contributed by atoms with van der Waals surface area (Å²) in [6.45, 7) is 2.46. The van der Waals surface area contributed by atoms with Crippen molar-refractivity contribution in [2.24, 2.45) is 0 Å². The first-order chi connectivity index (χ1) is 12.8. The average molecular weight is 411 g/mol. The van der Waals surface area contributed by atoms with E-state index in [0.29, 0.717) is 18.0 Å². The molecule has 0 bridgehead atoms. The fraction of sp³-hybridized carbons (Fsp3) is 0.316. The lowest BCUT2D eigenvalue weighted by Crippen LogP contribution is -2.31. The number of halogens is 1. The van der Waals surface area contributed by atoms with Gasteiger partial charge in [-0.1, -0.05) is 29.3 Å². The molecule has 0 heterocycles. The number of aryl methyl sites for hydroxylation is 1. The lowest BCUT2D eigenvalue weighted by atomic mass is 10.1. The highest BCUT2D eigenvalue weighted by Crippen LogP contribution is 2.19. The van der Waals surface area contributed by atoms with Crippen LogP contribution in [0.15, 0.2) is 47.4 Å². The molecule has 0 fully saturated rings. The lowest BCUT2D eigenvalue weighted by molar-refractivity contribution is -0.120. The van der Waals surface area contributed by atoms with Crippen LogP contribution in [0.2, 0.25) is 5.02 Å². The van der Waals surface area contributed by atoms with Gasteiger partial charge < -0.3 is 10.1 Å². The molecule has 0 atom stereocenters. The van der Waals surface area contributed by atoms with Crippen LogP contribution in [-0.4, -0.2) is 34.5 Å². The van der Waals surface area contributed by atoms with Gasteiger partial charge in [-0.15, -0.1) is 0 Å². The fourth-order valence-electron chi connectivity index (χ4n) is 2.52. The molecular weight excluding hydrogens is 388 g/mol. The average Bonchev–Trinajstić information content (AvgIpc) is 2.62. The summed E-state index contributed by atoms with van der Waals surface area (Å²) >= 11 is 5.75. The van der Waals surface area contributed by atoms with Gasteiger partial charge in [0.2, 0.25) is 15.9 Å². The molecule has 8 heteroatoms. The number of methoxy groups -OCH3 is 1. The van der Waals surface area contributed by atoms with E-state index in [1.165, 1.54) is 24.3 Å². The van der Waals surface area contributed by atoms with Gasteiger partial charge >= 0.3 is 0 Å². The van der Waals surface area contributed by atoms with Gasteiger partial charge in [0.1, 0.15) is 5.75 Å². The Hall–Kier alpha value is -2.09. The van der Waals surface area contributed by atoms with Crippen LogP contribution in [0.3, 0.4) is 0 Å². The molecule has 0 radical (unpaired) electrons. The molecule has 146 valence electrons. The number of carbonyl (C=O) groups is 1. The summed E-state index contributed by atoms with van der Waals surface area (Å²) in [6, 6.07) is 11.7. The Morgan fingerprint density at radius 1 is 1.11 bits per heavy atom. The molecule has 0 aliphatic rings. The molecule has 0 unspecified atom stereocenters. The Balaban J connectivity index is 1.76. The number of rotatable bonds is 9. The van der Waals surface area contributed by atoms with Crippen LogP contribution in [0, 0.1) is 6.92 Å². The van der Waals surface area contributed by atoms with E-state index in [1.807, 2.05) is 25.1 Å². The van der Waals surface area contributed by atoms with E-state index in [1.54, 1.807) is 7.11 Å². The quantitative estimate of drug-likeness (QED) is 0.665. The Morgan fingerprint density at radius 3 is 2.48 bits per heavy atom. The number of carbonyl (C=O) groups excluding carboxylic acids is 1. The van der Waals surface area contributed by atoms with E-state index in [0.717, 1.165) is 16.9 Å². The Morgan fingerprint density at radius 2 is 1.81 bits per heavy atom. The second-order valence-corrected chi connectivity index (χ2v) is 8.22. The SMILES string of the molecule is COc1ccc(C)cc1CCNC(=O)CCNS(=O)(=O)c1ccc(Cl)cc1. The van der Waals surface area contributed by atoms with Gasteiger partial charge in [0.15, 0.2) is 0 Å². The molecular formula is C19H23ClN2O4S. The van der Waals surface area contributed by atoms with Crippen LogP contribution in [0.5, 0.6) is 5.75 Å². The zero-order valence-corrected chi connectivity index (χ0v) is 16.9. The normalized spacial score (nSPS) is 11.2. The first-order valence-corrected chi connectivity index (χ1v) is 10.3. The van der Waals surface area contributed by atoms with Crippen molar-refractivity contribution in [3.8, 4) is 5.75 Å². The van der Waals surface area contributed by atoms with E-state index < -0.39 is 10.0 Å². The number of nitrogens with one attached hydrogen (secondary N) is 2. The molecule has 2 rings (SSSR count). The van der Waals surface area contributed by atoms with Crippen LogP contribution in [0.4, 0.5) is 0 Å². The standard InChI is InChI=1S/C19H23ClN2O4S/c1-14-3-8-18(26-2)15(13-14)9-11-21-19(23)10-12-22-27(24,25)17-6-4-16(20)5-7-17/h3-8,13,22H,9-12H2,1-2H3,(H,21,23). The molecule has 0 aromatic heterocycles. The van der Waals surface area contributed by atoms with Crippen molar-refractivity contribution in [1.29, 1.82) is 0 Å². The van der Waals surface area contributed by atoms with Gasteiger partial charge in [-0.25, -0.2) is 13.1 Å². The number of hydrogen-bond donors (Lipinski definition) is 2. The van der Waals surface area contributed by atoms with Crippen molar-refractivity contribution < 1.29 is 17.9 Å². The zero-order chi connectivity index (χ0) is 19.9. The van der Waals surface area contributed by atoms with Gasteiger partial charge in [-0.3, -0.25) is 4.79 Å². The van der Waals surface area contributed by atoms with E-state index >= 15 is 0 Å². The molecule has 2 aromatic carbocycles. The Bertz CT molecular complexity index is 883. The smallest absolute Gasteiger partial charge is 0.240 e. The summed E-state index contributed by atoms with van der Waals surface area (Å²) in [6.07, 6.45) is 0.685. The van der Waals surface area contributed by atoms with E-state index in [4.69, 9.17) is 16.3 Å². The summed E-state index contributed by atoms with van der Waals surface area (Å²) in [4.78, 5) is 12.0. The highest BCUT2D eigenvalue weighted by atomic mass is 35.5. The van der Waals surface area contributed by atoms with E-state index in [9.17, 15) is 13.2 Å². The number of hydrogen-bond acceptors (Lipinski definition) is 4. The van der Waals surface area contributed by atoms with Gasteiger partial charge in [0.05, 0.1) is 12.0 Å². The molecule has 0 aliphatic carbocycles. The van der Waals surface area contributed by atoms with Gasteiger partial charge in [-0.2, -0.15) is 0 Å². The minimum absolute atomic E-state index is 0.0184.